The maximum atomic E-state index is 10.0. The number of hydrogen-bond donors (Lipinski definition) is 0. The monoisotopic (exact) mass is 145 g/mol. The average molecular weight is 145 g/mol. The smallest absolute Gasteiger partial charge is 0.106 e. The third-order valence-electron chi connectivity index (χ3n) is 1.61. The lowest BCUT2D eigenvalue weighted by Gasteiger charge is -2.21. The highest BCUT2D eigenvalue weighted by Crippen LogP contribution is 2.09. The molecule has 1 radical (unpaired) electrons. The molecule has 0 bridgehead atoms. The molecule has 1 aliphatic rings. The van der Waals surface area contributed by atoms with Gasteiger partial charge in [0.05, 0.1) is 12.7 Å². The summed E-state index contributed by atoms with van der Waals surface area (Å²) in [5.41, 5.74) is 0. The molecule has 3 heteroatoms. The lowest BCUT2D eigenvalue weighted by Crippen LogP contribution is -2.24. The maximum Gasteiger partial charge on any atom is 0.106 e. The highest BCUT2D eigenvalue weighted by molar-refractivity contribution is 4.61. The van der Waals surface area contributed by atoms with Crippen LogP contribution >= 0.6 is 0 Å². The Morgan fingerprint density at radius 1 is 1.40 bits per heavy atom. The molecule has 0 amide bonds. The maximum absolute atomic E-state index is 10.0. The van der Waals surface area contributed by atoms with E-state index in [-0.39, 0.29) is 12.7 Å². The van der Waals surface area contributed by atoms with Gasteiger partial charge in [-0.05, 0) is 12.8 Å². The predicted molar refractivity (Wildman–Crippen MR) is 35.3 cm³/mol. The molecule has 59 valence electrons. The highest BCUT2D eigenvalue weighted by Gasteiger charge is 2.12. The van der Waals surface area contributed by atoms with Crippen LogP contribution in [0.5, 0.6) is 0 Å². The number of hydrogen-bond acceptors (Lipinski definition) is 2. The molecule has 0 spiro atoms. The van der Waals surface area contributed by atoms with Crippen LogP contribution in [-0.2, 0) is 14.6 Å². The molecule has 0 atom stereocenters. The van der Waals surface area contributed by atoms with Gasteiger partial charge in [-0.1, -0.05) is 0 Å². The summed E-state index contributed by atoms with van der Waals surface area (Å²) < 4.78 is 10.4. The minimum Gasteiger partial charge on any atom is -0.381 e. The molecule has 1 rings (SSSR count). The zero-order valence-corrected chi connectivity index (χ0v) is 6.04. The van der Waals surface area contributed by atoms with Crippen molar-refractivity contribution >= 4 is 0 Å². The Hall–Kier alpha value is -0.120. The fourth-order valence-corrected chi connectivity index (χ4v) is 1.06. The fraction of sp³-hybridized carbons (Fsp3) is 1.00. The van der Waals surface area contributed by atoms with Crippen molar-refractivity contribution in [3.8, 4) is 0 Å². The van der Waals surface area contributed by atoms with Crippen LogP contribution in [0.4, 0.5) is 0 Å². The quantitative estimate of drug-likeness (QED) is 0.583. The first-order chi connectivity index (χ1) is 4.93. The van der Waals surface area contributed by atoms with Gasteiger partial charge in [0, 0.05) is 13.2 Å². The summed E-state index contributed by atoms with van der Waals surface area (Å²) in [5, 5.41) is 10.0. The van der Waals surface area contributed by atoms with Gasteiger partial charge in [0.15, 0.2) is 0 Å². The van der Waals surface area contributed by atoms with Crippen molar-refractivity contribution in [3.05, 3.63) is 0 Å². The molecule has 1 saturated heterocycles. The second kappa shape index (κ2) is 4.66. The largest absolute Gasteiger partial charge is 0.381 e. The van der Waals surface area contributed by atoms with E-state index in [1.165, 1.54) is 0 Å². The average Bonchev–Trinajstić information content (AvgIpc) is 2.03. The van der Waals surface area contributed by atoms with Gasteiger partial charge in [-0.25, -0.2) is 5.11 Å². The van der Waals surface area contributed by atoms with Gasteiger partial charge in [-0.2, -0.15) is 0 Å². The second-order valence-corrected chi connectivity index (χ2v) is 2.39. The van der Waals surface area contributed by atoms with Crippen LogP contribution in [0.25, 0.3) is 0 Å². The Morgan fingerprint density at radius 2 is 2.10 bits per heavy atom. The van der Waals surface area contributed by atoms with Crippen molar-refractivity contribution in [2.24, 2.45) is 0 Å². The Balaban J connectivity index is 2.02. The van der Waals surface area contributed by atoms with Crippen molar-refractivity contribution < 1.29 is 14.6 Å². The van der Waals surface area contributed by atoms with Crippen LogP contribution in [0.3, 0.4) is 0 Å². The van der Waals surface area contributed by atoms with Gasteiger partial charge in [0.2, 0.25) is 0 Å². The Morgan fingerprint density at radius 3 is 2.70 bits per heavy atom. The van der Waals surface area contributed by atoms with Gasteiger partial charge in [-0.3, -0.25) is 0 Å². The molecule has 1 heterocycles. The molecule has 0 aromatic carbocycles. The second-order valence-electron chi connectivity index (χ2n) is 2.39. The zero-order chi connectivity index (χ0) is 7.23. The van der Waals surface area contributed by atoms with E-state index in [1.54, 1.807) is 0 Å². The van der Waals surface area contributed by atoms with Crippen LogP contribution in [-0.4, -0.2) is 32.5 Å². The van der Waals surface area contributed by atoms with E-state index < -0.39 is 0 Å². The van der Waals surface area contributed by atoms with E-state index >= 15 is 0 Å². The van der Waals surface area contributed by atoms with Gasteiger partial charge in [0.1, 0.15) is 6.61 Å². The van der Waals surface area contributed by atoms with Gasteiger partial charge >= 0.3 is 0 Å². The summed E-state index contributed by atoms with van der Waals surface area (Å²) in [6.07, 6.45) is 2.17. The number of ether oxygens (including phenoxy) is 2. The molecule has 10 heavy (non-hydrogen) atoms. The molecule has 0 aromatic heterocycles. The van der Waals surface area contributed by atoms with Gasteiger partial charge < -0.3 is 9.47 Å². The van der Waals surface area contributed by atoms with Crippen molar-refractivity contribution in [2.45, 2.75) is 18.9 Å². The summed E-state index contributed by atoms with van der Waals surface area (Å²) in [6.45, 7) is 1.79. The first-order valence-corrected chi connectivity index (χ1v) is 3.71. The summed E-state index contributed by atoms with van der Waals surface area (Å²) >= 11 is 0. The van der Waals surface area contributed by atoms with Crippen LogP contribution in [0, 0.1) is 0 Å². The molecule has 1 fully saturated rings. The van der Waals surface area contributed by atoms with E-state index in [2.05, 4.69) is 0 Å². The summed E-state index contributed by atoms with van der Waals surface area (Å²) in [7, 11) is 0. The molecule has 0 N–H and O–H groups in total. The Labute approximate surface area is 60.9 Å². The van der Waals surface area contributed by atoms with Crippen molar-refractivity contribution in [3.63, 3.8) is 0 Å². The van der Waals surface area contributed by atoms with Crippen LogP contribution in [0.15, 0.2) is 0 Å². The molecule has 0 aromatic rings. The molecule has 1 aliphatic heterocycles. The SMILES string of the molecule is [O]CCOC1CCOCC1. The molecular weight excluding hydrogens is 132 g/mol. The number of rotatable bonds is 3. The zero-order valence-electron chi connectivity index (χ0n) is 6.04. The lowest BCUT2D eigenvalue weighted by molar-refractivity contribution is -0.0473. The lowest BCUT2D eigenvalue weighted by atomic mass is 10.2. The van der Waals surface area contributed by atoms with Gasteiger partial charge in [-0.15, -0.1) is 0 Å². The Kier molecular flexibility index (Phi) is 3.72. The van der Waals surface area contributed by atoms with Crippen LogP contribution in [0.2, 0.25) is 0 Å². The fourth-order valence-electron chi connectivity index (χ4n) is 1.06. The van der Waals surface area contributed by atoms with E-state index in [4.69, 9.17) is 9.47 Å². The minimum atomic E-state index is -0.128. The van der Waals surface area contributed by atoms with Crippen molar-refractivity contribution in [1.29, 1.82) is 0 Å². The molecule has 0 unspecified atom stereocenters. The van der Waals surface area contributed by atoms with E-state index in [9.17, 15) is 5.11 Å². The summed E-state index contributed by atoms with van der Waals surface area (Å²) in [5.74, 6) is 0. The van der Waals surface area contributed by atoms with Crippen molar-refractivity contribution in [2.75, 3.05) is 26.4 Å². The first-order valence-electron chi connectivity index (χ1n) is 3.71. The van der Waals surface area contributed by atoms with E-state index in [1.807, 2.05) is 0 Å². The molecule has 3 nitrogen and oxygen atoms in total. The normalized spacial score (nSPS) is 21.3. The van der Waals surface area contributed by atoms with E-state index in [0.29, 0.717) is 6.61 Å². The summed E-state index contributed by atoms with van der Waals surface area (Å²) in [6, 6.07) is 0. The molecule has 0 aliphatic carbocycles. The third kappa shape index (κ3) is 2.64. The topological polar surface area (TPSA) is 38.4 Å². The Bertz CT molecular complexity index is 78.9. The minimum absolute atomic E-state index is 0.128. The van der Waals surface area contributed by atoms with Crippen LogP contribution in [0.1, 0.15) is 12.8 Å². The molecular formula is C7H13O3. The van der Waals surface area contributed by atoms with Gasteiger partial charge in [0.25, 0.3) is 0 Å². The molecule has 0 saturated carbocycles. The van der Waals surface area contributed by atoms with Crippen LogP contribution < -0.4 is 0 Å². The predicted octanol–water partition coefficient (Wildman–Crippen LogP) is 0.613. The highest BCUT2D eigenvalue weighted by atomic mass is 16.5. The standard InChI is InChI=1S/C7H13O3/c8-3-6-10-7-1-4-9-5-2-7/h7H,1-6H2. The summed E-state index contributed by atoms with van der Waals surface area (Å²) in [4.78, 5) is 0. The third-order valence-corrected chi connectivity index (χ3v) is 1.61. The van der Waals surface area contributed by atoms with E-state index in [0.717, 1.165) is 26.1 Å². The van der Waals surface area contributed by atoms with Crippen molar-refractivity contribution in [1.82, 2.24) is 0 Å². The first kappa shape index (κ1) is 7.98.